The van der Waals surface area contributed by atoms with E-state index in [9.17, 15) is 55.2 Å². The Morgan fingerprint density at radius 1 is 0.400 bits per heavy atom. The Hall–Kier alpha value is -7.03. The maximum Gasteiger partial charge on any atom is 0.335 e. The summed E-state index contributed by atoms with van der Waals surface area (Å²) in [5.74, 6) is -2.17. The first-order chi connectivity index (χ1) is 37.4. The number of ether oxygens (including phenoxy) is 1. The standard InChI is InChI=1S/C23H32O4.C22H30O5.C22H30O4/c1-15(2)7-10-18-13-20(23(25)26)14-19(22(18)27-6)11-9-17(5)21(24)12-8-16(3)4;1-14(2)5-10-20(24)16(4)7-9-18-12-19(22(26)27)11-17(21(18)25)8-6-15(3)13-23;1-14(2)6-9-17-12-19(22(25)26)13-18(21(17)24)10-8-16(5)20(23)11-7-15(3)4/h7-9,13-14,21,24H,10-12H2,1-6H3,(H,25,26);5-7,11-12,20,23-25H,8-10,13H2,1-4H3,(H,26,27);6-8,12-13,20,23-24H,9-11H2,1-5H3,(H,25,26)/b17-9+;15-6+,16-7+;16-8+. The second kappa shape index (κ2) is 36.3. The van der Waals surface area contributed by atoms with Crippen LogP contribution in [-0.4, -0.2) is 95.9 Å². The lowest BCUT2D eigenvalue weighted by molar-refractivity contribution is 0.0686. The lowest BCUT2D eigenvalue weighted by Crippen LogP contribution is -2.08. The number of hydrogen-bond acceptors (Lipinski definition) is 10. The van der Waals surface area contributed by atoms with Crippen LogP contribution in [0.5, 0.6) is 17.2 Å². The second-order valence-corrected chi connectivity index (χ2v) is 21.5. The molecule has 438 valence electrons. The Labute approximate surface area is 476 Å². The van der Waals surface area contributed by atoms with Crippen molar-refractivity contribution in [3.05, 3.63) is 191 Å². The molecule has 0 aliphatic carbocycles. The topological polar surface area (TPSA) is 243 Å². The van der Waals surface area contributed by atoms with E-state index in [0.29, 0.717) is 85.8 Å². The summed E-state index contributed by atoms with van der Waals surface area (Å²) in [5.41, 5.74) is 13.2. The second-order valence-electron chi connectivity index (χ2n) is 21.5. The molecule has 0 amide bonds. The molecule has 0 spiro atoms. The Balaban J connectivity index is 0.000000600. The number of phenolic OH excluding ortho intramolecular Hbond substituents is 2. The van der Waals surface area contributed by atoms with Gasteiger partial charge in [-0.2, -0.15) is 0 Å². The van der Waals surface area contributed by atoms with Crippen LogP contribution in [-0.2, 0) is 38.5 Å². The molecular formula is C67H92O13. The first kappa shape index (κ1) is 71.0. The number of hydrogen-bond donors (Lipinski definition) is 9. The number of aromatic hydroxyl groups is 2. The van der Waals surface area contributed by atoms with Gasteiger partial charge in [0.05, 0.1) is 48.7 Å². The van der Waals surface area contributed by atoms with Crippen LogP contribution in [0.25, 0.3) is 0 Å². The van der Waals surface area contributed by atoms with Crippen molar-refractivity contribution >= 4 is 17.9 Å². The minimum Gasteiger partial charge on any atom is -0.507 e. The third-order valence-corrected chi connectivity index (χ3v) is 12.9. The minimum atomic E-state index is -1.07. The fraction of sp³-hybridized carbons (Fsp3) is 0.418. The first-order valence-electron chi connectivity index (χ1n) is 27.0. The average molecular weight is 1110 g/mol. The molecule has 3 atom stereocenters. The predicted octanol–water partition coefficient (Wildman–Crippen LogP) is 13.7. The van der Waals surface area contributed by atoms with E-state index in [-0.39, 0.29) is 34.8 Å². The van der Waals surface area contributed by atoms with Crippen molar-refractivity contribution < 1.29 is 65.1 Å². The zero-order valence-corrected chi connectivity index (χ0v) is 50.1. The average Bonchev–Trinajstić information content (AvgIpc) is 3.39. The molecule has 0 aromatic heterocycles. The van der Waals surface area contributed by atoms with Crippen molar-refractivity contribution in [1.29, 1.82) is 0 Å². The van der Waals surface area contributed by atoms with Crippen molar-refractivity contribution in [2.45, 2.75) is 173 Å². The van der Waals surface area contributed by atoms with Crippen LogP contribution in [0, 0.1) is 0 Å². The van der Waals surface area contributed by atoms with Gasteiger partial charge >= 0.3 is 17.9 Å². The summed E-state index contributed by atoms with van der Waals surface area (Å²) in [6, 6.07) is 9.24. The van der Waals surface area contributed by atoms with Gasteiger partial charge in [0, 0.05) is 0 Å². The SMILES string of the molecule is CC(C)=CCC(O)/C(C)=C/Cc1cc(C(=O)O)cc(C/C=C(\C)CO)c1O.CC(C)=CCc1cc(C(=O)O)cc(C/C=C(\C)C(O)CC=C(C)C)c1O.COc1c(CC=C(C)C)cc(C(=O)O)cc1C/C=C(\C)C(O)CC=C(C)C. The highest BCUT2D eigenvalue weighted by Gasteiger charge is 2.17. The first-order valence-corrected chi connectivity index (χ1v) is 27.0. The molecule has 0 fully saturated rings. The third-order valence-electron chi connectivity index (χ3n) is 12.9. The van der Waals surface area contributed by atoms with E-state index in [1.807, 2.05) is 133 Å². The highest BCUT2D eigenvalue weighted by Crippen LogP contribution is 2.31. The Bertz CT molecular complexity index is 2840. The summed E-state index contributed by atoms with van der Waals surface area (Å²) in [6.07, 6.45) is 19.8. The maximum atomic E-state index is 11.5. The number of aromatic carboxylic acids is 3. The molecule has 13 nitrogen and oxygen atoms in total. The highest BCUT2D eigenvalue weighted by atomic mass is 16.5. The van der Waals surface area contributed by atoms with E-state index in [4.69, 9.17) is 9.84 Å². The smallest absolute Gasteiger partial charge is 0.335 e. The van der Waals surface area contributed by atoms with Gasteiger partial charge in [0.15, 0.2) is 0 Å². The summed E-state index contributed by atoms with van der Waals surface area (Å²) in [6.45, 7) is 27.1. The van der Waals surface area contributed by atoms with Gasteiger partial charge in [-0.05, 0) is 241 Å². The van der Waals surface area contributed by atoms with Crippen molar-refractivity contribution in [1.82, 2.24) is 0 Å². The molecule has 3 rings (SSSR count). The van der Waals surface area contributed by atoms with Gasteiger partial charge in [0.1, 0.15) is 17.2 Å². The van der Waals surface area contributed by atoms with Crippen LogP contribution in [0.4, 0.5) is 0 Å². The van der Waals surface area contributed by atoms with Crippen LogP contribution < -0.4 is 4.74 Å². The largest absolute Gasteiger partial charge is 0.507 e. The number of methoxy groups -OCH3 is 1. The maximum absolute atomic E-state index is 11.5. The van der Waals surface area contributed by atoms with Gasteiger partial charge in [0.25, 0.3) is 0 Å². The zero-order valence-electron chi connectivity index (χ0n) is 50.1. The molecule has 3 unspecified atom stereocenters. The summed E-state index contributed by atoms with van der Waals surface area (Å²) in [7, 11) is 1.60. The number of allylic oxidation sites excluding steroid dienone is 11. The van der Waals surface area contributed by atoms with Crippen LogP contribution in [0.1, 0.15) is 181 Å². The molecule has 0 heterocycles. The van der Waals surface area contributed by atoms with Crippen LogP contribution >= 0.6 is 0 Å². The van der Waals surface area contributed by atoms with Gasteiger partial charge in [0.2, 0.25) is 0 Å². The molecule has 0 aliphatic heterocycles. The Kier molecular flexibility index (Phi) is 32.2. The molecule has 3 aromatic rings. The summed E-state index contributed by atoms with van der Waals surface area (Å²) in [4.78, 5) is 34.3. The molecule has 0 saturated heterocycles. The summed E-state index contributed by atoms with van der Waals surface area (Å²) in [5, 5.41) is 88.9. The molecule has 3 aromatic carbocycles. The van der Waals surface area contributed by atoms with Crippen molar-refractivity contribution in [3.63, 3.8) is 0 Å². The normalized spacial score (nSPS) is 12.7. The number of phenols is 2. The quantitative estimate of drug-likeness (QED) is 0.0340. The number of carboxylic acids is 3. The van der Waals surface area contributed by atoms with E-state index >= 15 is 0 Å². The predicted molar refractivity (Wildman–Crippen MR) is 323 cm³/mol. The van der Waals surface area contributed by atoms with E-state index < -0.39 is 36.2 Å². The summed E-state index contributed by atoms with van der Waals surface area (Å²) >= 11 is 0. The van der Waals surface area contributed by atoms with E-state index in [1.54, 1.807) is 32.2 Å². The highest BCUT2D eigenvalue weighted by molar-refractivity contribution is 5.90. The van der Waals surface area contributed by atoms with Gasteiger partial charge in [-0.3, -0.25) is 0 Å². The number of carboxylic acid groups (broad SMARTS) is 3. The lowest BCUT2D eigenvalue weighted by atomic mass is 9.97. The van der Waals surface area contributed by atoms with Crippen molar-refractivity contribution in [2.75, 3.05) is 13.7 Å². The van der Waals surface area contributed by atoms with Crippen LogP contribution in [0.2, 0.25) is 0 Å². The number of rotatable bonds is 26. The van der Waals surface area contributed by atoms with E-state index in [0.717, 1.165) is 55.7 Å². The Morgan fingerprint density at radius 2 is 0.637 bits per heavy atom. The molecule has 13 heteroatoms. The summed E-state index contributed by atoms with van der Waals surface area (Å²) < 4.78 is 5.59. The van der Waals surface area contributed by atoms with E-state index in [2.05, 4.69) is 6.08 Å². The zero-order chi connectivity index (χ0) is 61.0. The molecule has 0 bridgehead atoms. The third kappa shape index (κ3) is 26.7. The monoisotopic (exact) mass is 1100 g/mol. The molecule has 0 radical (unpaired) electrons. The lowest BCUT2D eigenvalue weighted by Gasteiger charge is -2.15. The molecule has 9 N–H and O–H groups in total. The van der Waals surface area contributed by atoms with Crippen LogP contribution in [0.15, 0.2) is 141 Å². The van der Waals surface area contributed by atoms with Gasteiger partial charge in [-0.25, -0.2) is 14.4 Å². The van der Waals surface area contributed by atoms with Gasteiger partial charge < -0.3 is 50.7 Å². The fourth-order valence-corrected chi connectivity index (χ4v) is 7.63. The van der Waals surface area contributed by atoms with Gasteiger partial charge in [-0.15, -0.1) is 0 Å². The molecule has 80 heavy (non-hydrogen) atoms. The van der Waals surface area contributed by atoms with Crippen molar-refractivity contribution in [2.24, 2.45) is 0 Å². The number of benzene rings is 3. The fourth-order valence-electron chi connectivity index (χ4n) is 7.63. The molecule has 0 saturated carbocycles. The molecular weight excluding hydrogens is 1010 g/mol. The van der Waals surface area contributed by atoms with E-state index in [1.165, 1.54) is 29.8 Å². The number of aliphatic hydroxyl groups excluding tert-OH is 4. The Morgan fingerprint density at radius 3 is 0.887 bits per heavy atom. The molecule has 0 aliphatic rings. The van der Waals surface area contributed by atoms with Gasteiger partial charge in [-0.1, -0.05) is 88.1 Å². The van der Waals surface area contributed by atoms with Crippen LogP contribution in [0.3, 0.4) is 0 Å². The van der Waals surface area contributed by atoms with Crippen molar-refractivity contribution in [3.8, 4) is 17.2 Å². The minimum absolute atomic E-state index is 0.0461. The number of carbonyl (C=O) groups is 3. The number of aliphatic hydroxyl groups is 4.